The highest BCUT2D eigenvalue weighted by atomic mass is 16.1. The number of likely N-dealkylation sites (tertiary alicyclic amines) is 1. The average Bonchev–Trinajstić information content (AvgIpc) is 3.18. The predicted octanol–water partition coefficient (Wildman–Crippen LogP) is 2.15. The molecule has 0 saturated carbocycles. The molecule has 1 atom stereocenters. The first-order valence-corrected chi connectivity index (χ1v) is 8.43. The zero-order valence-corrected chi connectivity index (χ0v) is 13.5. The lowest BCUT2D eigenvalue weighted by Crippen LogP contribution is -2.39. The standard InChI is InChI=1S/C17H20N6O/c18-6-1-2-8-22-9-3-4-12(11-22)23-15-13-5-7-19-16(13)20-10-14(15)21-17(23)24/h5,7,10,12H,1-4,8-9,11H2,(H,19,20)(H,21,24)/t12-/m1/s1. The van der Waals surface area contributed by atoms with E-state index in [-0.39, 0.29) is 11.7 Å². The Morgan fingerprint density at radius 2 is 2.38 bits per heavy atom. The van der Waals surface area contributed by atoms with Crippen LogP contribution in [0.4, 0.5) is 0 Å². The van der Waals surface area contributed by atoms with Crippen LogP contribution in [0.5, 0.6) is 0 Å². The van der Waals surface area contributed by atoms with Gasteiger partial charge in [-0.15, -0.1) is 0 Å². The van der Waals surface area contributed by atoms with Gasteiger partial charge in [-0.2, -0.15) is 5.26 Å². The number of hydrogen-bond donors (Lipinski definition) is 2. The van der Waals surface area contributed by atoms with Gasteiger partial charge in [0.05, 0.1) is 29.3 Å². The van der Waals surface area contributed by atoms with E-state index in [9.17, 15) is 4.79 Å². The van der Waals surface area contributed by atoms with Gasteiger partial charge < -0.3 is 14.9 Å². The molecule has 0 radical (unpaired) electrons. The number of unbranched alkanes of at least 4 members (excludes halogenated alkanes) is 1. The van der Waals surface area contributed by atoms with Crippen LogP contribution in [0.15, 0.2) is 23.3 Å². The normalized spacial score (nSPS) is 19.0. The lowest BCUT2D eigenvalue weighted by molar-refractivity contribution is 0.176. The molecule has 0 aliphatic carbocycles. The van der Waals surface area contributed by atoms with Crippen LogP contribution < -0.4 is 5.69 Å². The minimum absolute atomic E-state index is 0.0654. The average molecular weight is 324 g/mol. The molecule has 124 valence electrons. The van der Waals surface area contributed by atoms with Gasteiger partial charge in [0.25, 0.3) is 0 Å². The minimum Gasteiger partial charge on any atom is -0.346 e. The second kappa shape index (κ2) is 6.13. The second-order valence-electron chi connectivity index (χ2n) is 6.42. The van der Waals surface area contributed by atoms with Crippen molar-refractivity contribution in [3.8, 4) is 6.07 Å². The summed E-state index contributed by atoms with van der Waals surface area (Å²) >= 11 is 0. The number of nitrogens with one attached hydrogen (secondary N) is 2. The van der Waals surface area contributed by atoms with Crippen LogP contribution >= 0.6 is 0 Å². The van der Waals surface area contributed by atoms with Crippen LogP contribution in [0.1, 0.15) is 31.7 Å². The van der Waals surface area contributed by atoms with Crippen molar-refractivity contribution in [1.29, 1.82) is 5.26 Å². The van der Waals surface area contributed by atoms with Crippen molar-refractivity contribution >= 4 is 22.1 Å². The van der Waals surface area contributed by atoms with Crippen molar-refractivity contribution in [3.05, 3.63) is 28.9 Å². The number of piperidine rings is 1. The maximum Gasteiger partial charge on any atom is 0.326 e. The largest absolute Gasteiger partial charge is 0.346 e. The number of aromatic amines is 2. The third-order valence-corrected chi connectivity index (χ3v) is 4.87. The zero-order chi connectivity index (χ0) is 16.5. The van der Waals surface area contributed by atoms with Gasteiger partial charge in [0, 0.05) is 24.5 Å². The molecule has 3 aromatic heterocycles. The summed E-state index contributed by atoms with van der Waals surface area (Å²) in [7, 11) is 0. The third-order valence-electron chi connectivity index (χ3n) is 4.87. The predicted molar refractivity (Wildman–Crippen MR) is 91.8 cm³/mol. The first kappa shape index (κ1) is 15.0. The molecule has 0 amide bonds. The van der Waals surface area contributed by atoms with Crippen LogP contribution in [-0.4, -0.2) is 44.1 Å². The lowest BCUT2D eigenvalue weighted by atomic mass is 10.0. The summed E-state index contributed by atoms with van der Waals surface area (Å²) in [5.41, 5.74) is 2.46. The van der Waals surface area contributed by atoms with E-state index < -0.39 is 0 Å². The number of hydrogen-bond acceptors (Lipinski definition) is 4. The molecule has 0 aromatic carbocycles. The van der Waals surface area contributed by atoms with Crippen LogP contribution in [0.3, 0.4) is 0 Å². The third kappa shape index (κ3) is 2.49. The van der Waals surface area contributed by atoms with E-state index in [1.165, 1.54) is 0 Å². The first-order valence-electron chi connectivity index (χ1n) is 8.43. The van der Waals surface area contributed by atoms with Crippen molar-refractivity contribution in [2.75, 3.05) is 19.6 Å². The molecule has 4 heterocycles. The van der Waals surface area contributed by atoms with Gasteiger partial charge in [-0.3, -0.25) is 4.57 Å². The van der Waals surface area contributed by atoms with E-state index in [1.54, 1.807) is 6.20 Å². The Balaban J connectivity index is 1.70. The van der Waals surface area contributed by atoms with Crippen molar-refractivity contribution in [2.45, 2.75) is 31.7 Å². The molecular formula is C17H20N6O. The van der Waals surface area contributed by atoms with Crippen LogP contribution in [0, 0.1) is 11.3 Å². The van der Waals surface area contributed by atoms with Crippen molar-refractivity contribution in [2.24, 2.45) is 0 Å². The Morgan fingerprint density at radius 3 is 3.25 bits per heavy atom. The Kier molecular flexibility index (Phi) is 3.82. The summed E-state index contributed by atoms with van der Waals surface area (Å²) < 4.78 is 1.91. The number of imidazole rings is 1. The molecule has 1 aliphatic rings. The molecule has 1 aliphatic heterocycles. The Hall–Kier alpha value is -2.59. The first-order chi connectivity index (χ1) is 11.8. The monoisotopic (exact) mass is 324 g/mol. The number of nitriles is 1. The Morgan fingerprint density at radius 1 is 1.46 bits per heavy atom. The molecule has 0 spiro atoms. The fourth-order valence-corrected chi connectivity index (χ4v) is 3.80. The van der Waals surface area contributed by atoms with Gasteiger partial charge in [0.1, 0.15) is 5.65 Å². The topological polar surface area (TPSA) is 93.5 Å². The van der Waals surface area contributed by atoms with Crippen LogP contribution in [0.2, 0.25) is 0 Å². The molecule has 3 aromatic rings. The van der Waals surface area contributed by atoms with E-state index in [2.05, 4.69) is 25.9 Å². The molecule has 0 bridgehead atoms. The van der Waals surface area contributed by atoms with E-state index >= 15 is 0 Å². The van der Waals surface area contributed by atoms with Gasteiger partial charge in [-0.1, -0.05) is 0 Å². The molecule has 1 saturated heterocycles. The smallest absolute Gasteiger partial charge is 0.326 e. The number of rotatable bonds is 4. The summed E-state index contributed by atoms with van der Waals surface area (Å²) in [6.45, 7) is 2.81. The van der Waals surface area contributed by atoms with Crippen LogP contribution in [-0.2, 0) is 0 Å². The van der Waals surface area contributed by atoms with Crippen molar-refractivity contribution in [3.63, 3.8) is 0 Å². The number of H-pyrrole nitrogens is 2. The number of aromatic nitrogens is 4. The summed E-state index contributed by atoms with van der Waals surface area (Å²) in [5.74, 6) is 0. The maximum absolute atomic E-state index is 12.6. The van der Waals surface area contributed by atoms with E-state index in [4.69, 9.17) is 5.26 Å². The number of pyridine rings is 1. The molecule has 7 nitrogen and oxygen atoms in total. The van der Waals surface area contributed by atoms with E-state index in [0.717, 1.165) is 61.0 Å². The summed E-state index contributed by atoms with van der Waals surface area (Å²) in [5, 5.41) is 9.69. The summed E-state index contributed by atoms with van der Waals surface area (Å²) in [4.78, 5) is 25.4. The zero-order valence-electron chi connectivity index (χ0n) is 13.5. The maximum atomic E-state index is 12.6. The van der Waals surface area contributed by atoms with Gasteiger partial charge in [0.2, 0.25) is 0 Å². The van der Waals surface area contributed by atoms with Gasteiger partial charge in [-0.05, 0) is 38.4 Å². The number of nitrogens with zero attached hydrogens (tertiary/aromatic N) is 4. The lowest BCUT2D eigenvalue weighted by Gasteiger charge is -2.33. The molecule has 4 rings (SSSR count). The minimum atomic E-state index is -0.0654. The Bertz CT molecular complexity index is 959. The highest BCUT2D eigenvalue weighted by Crippen LogP contribution is 2.27. The van der Waals surface area contributed by atoms with E-state index in [0.29, 0.717) is 6.42 Å². The molecule has 0 unspecified atom stereocenters. The van der Waals surface area contributed by atoms with Gasteiger partial charge in [-0.25, -0.2) is 9.78 Å². The molecule has 2 N–H and O–H groups in total. The van der Waals surface area contributed by atoms with Gasteiger partial charge in [0.15, 0.2) is 0 Å². The van der Waals surface area contributed by atoms with Gasteiger partial charge >= 0.3 is 5.69 Å². The summed E-state index contributed by atoms with van der Waals surface area (Å²) in [6, 6.07) is 4.33. The highest BCUT2D eigenvalue weighted by molar-refractivity contribution is 6.00. The quantitative estimate of drug-likeness (QED) is 0.719. The number of fused-ring (bicyclic) bond motifs is 3. The molecular weight excluding hydrogens is 304 g/mol. The molecule has 24 heavy (non-hydrogen) atoms. The second-order valence-corrected chi connectivity index (χ2v) is 6.42. The summed E-state index contributed by atoms with van der Waals surface area (Å²) in [6.07, 6.45) is 7.11. The molecule has 7 heteroatoms. The van der Waals surface area contributed by atoms with Crippen molar-refractivity contribution < 1.29 is 0 Å². The molecule has 1 fully saturated rings. The fourth-order valence-electron chi connectivity index (χ4n) is 3.80. The highest BCUT2D eigenvalue weighted by Gasteiger charge is 2.25. The van der Waals surface area contributed by atoms with Crippen LogP contribution in [0.25, 0.3) is 22.1 Å². The fraction of sp³-hybridized carbons (Fsp3) is 0.471. The SMILES string of the molecule is N#CCCCN1CCC[C@@H](n2c(=O)[nH]c3cnc4[nH]ccc4c32)C1. The Labute approximate surface area is 138 Å². The van der Waals surface area contributed by atoms with E-state index in [1.807, 2.05) is 16.8 Å². The van der Waals surface area contributed by atoms with Crippen molar-refractivity contribution in [1.82, 2.24) is 24.4 Å².